The van der Waals surface area contributed by atoms with E-state index in [-0.39, 0.29) is 11.9 Å². The molecule has 5 nitrogen and oxygen atoms in total. The summed E-state index contributed by atoms with van der Waals surface area (Å²) >= 11 is 1.33. The number of carboxylic acid groups (broad SMARTS) is 1. The highest BCUT2D eigenvalue weighted by Crippen LogP contribution is 2.24. The van der Waals surface area contributed by atoms with E-state index in [1.54, 1.807) is 13.0 Å². The minimum absolute atomic E-state index is 0.0109. The van der Waals surface area contributed by atoms with Crippen LogP contribution in [0.1, 0.15) is 39.9 Å². The number of amides is 1. The lowest BCUT2D eigenvalue weighted by atomic mass is 10.0. The summed E-state index contributed by atoms with van der Waals surface area (Å²) in [5, 5.41) is 12.0. The van der Waals surface area contributed by atoms with Gasteiger partial charge >= 0.3 is 5.97 Å². The fourth-order valence-corrected chi connectivity index (χ4v) is 3.50. The molecule has 0 radical (unpaired) electrons. The van der Waals surface area contributed by atoms with Gasteiger partial charge < -0.3 is 10.4 Å². The summed E-state index contributed by atoms with van der Waals surface area (Å²) in [6.07, 6.45) is 2.07. The van der Waals surface area contributed by atoms with Crippen LogP contribution in [0.5, 0.6) is 0 Å². The molecule has 0 aromatic carbocycles. The highest BCUT2D eigenvalue weighted by Gasteiger charge is 2.22. The van der Waals surface area contributed by atoms with Crippen molar-refractivity contribution in [1.82, 2.24) is 10.2 Å². The topological polar surface area (TPSA) is 69.6 Å². The first-order valence-corrected chi connectivity index (χ1v) is 7.59. The van der Waals surface area contributed by atoms with Gasteiger partial charge in [-0.15, -0.1) is 11.3 Å². The van der Waals surface area contributed by atoms with E-state index < -0.39 is 5.97 Å². The van der Waals surface area contributed by atoms with Crippen molar-refractivity contribution in [1.29, 1.82) is 0 Å². The summed E-state index contributed by atoms with van der Waals surface area (Å²) in [4.78, 5) is 25.8. The van der Waals surface area contributed by atoms with Crippen LogP contribution in [0.2, 0.25) is 0 Å². The Morgan fingerprint density at radius 2 is 2.30 bits per heavy atom. The number of rotatable bonds is 4. The average molecular weight is 296 g/mol. The summed E-state index contributed by atoms with van der Waals surface area (Å²) in [6, 6.07) is 1.98. The van der Waals surface area contributed by atoms with Gasteiger partial charge in [0.15, 0.2) is 0 Å². The van der Waals surface area contributed by atoms with Gasteiger partial charge in [-0.05, 0) is 37.9 Å². The fourth-order valence-electron chi connectivity index (χ4n) is 2.63. The number of carbonyl (C=O) groups is 2. The minimum atomic E-state index is -0.862. The first-order chi connectivity index (χ1) is 9.45. The second-order valence-corrected chi connectivity index (χ2v) is 6.53. The number of aryl methyl sites for hydroxylation is 1. The average Bonchev–Trinajstić information content (AvgIpc) is 2.71. The first-order valence-electron chi connectivity index (χ1n) is 6.77. The maximum absolute atomic E-state index is 11.1. The van der Waals surface area contributed by atoms with Crippen molar-refractivity contribution < 1.29 is 14.7 Å². The van der Waals surface area contributed by atoms with Crippen molar-refractivity contribution in [3.8, 4) is 0 Å². The van der Waals surface area contributed by atoms with Crippen LogP contribution in [-0.2, 0) is 11.3 Å². The summed E-state index contributed by atoms with van der Waals surface area (Å²) < 4.78 is 0. The van der Waals surface area contributed by atoms with E-state index in [9.17, 15) is 9.59 Å². The van der Waals surface area contributed by atoms with E-state index >= 15 is 0 Å². The summed E-state index contributed by atoms with van der Waals surface area (Å²) in [5.74, 6) is -0.851. The lowest BCUT2D eigenvalue weighted by Gasteiger charge is -2.32. The van der Waals surface area contributed by atoms with Gasteiger partial charge in [-0.2, -0.15) is 0 Å². The van der Waals surface area contributed by atoms with Gasteiger partial charge in [0.25, 0.3) is 0 Å². The monoisotopic (exact) mass is 296 g/mol. The number of hydrogen-bond acceptors (Lipinski definition) is 4. The Morgan fingerprint density at radius 3 is 2.90 bits per heavy atom. The molecule has 1 aromatic heterocycles. The molecule has 20 heavy (non-hydrogen) atoms. The maximum atomic E-state index is 11.1. The molecule has 1 atom stereocenters. The van der Waals surface area contributed by atoms with Crippen LogP contribution in [0.15, 0.2) is 6.07 Å². The molecule has 1 fully saturated rings. The molecule has 2 N–H and O–H groups in total. The van der Waals surface area contributed by atoms with Crippen molar-refractivity contribution in [3.63, 3.8) is 0 Å². The van der Waals surface area contributed by atoms with E-state index in [0.29, 0.717) is 4.88 Å². The van der Waals surface area contributed by atoms with Gasteiger partial charge in [0.1, 0.15) is 4.88 Å². The SMILES string of the molecule is CC(=O)NC1CCCN(Cc2cc(C(=O)O)sc2C)C1. The quantitative estimate of drug-likeness (QED) is 0.889. The smallest absolute Gasteiger partial charge is 0.345 e. The molecule has 1 aliphatic rings. The molecule has 0 saturated carbocycles. The predicted octanol–water partition coefficient (Wildman–Crippen LogP) is 1.86. The molecule has 0 spiro atoms. The van der Waals surface area contributed by atoms with Crippen LogP contribution in [0, 0.1) is 6.92 Å². The maximum Gasteiger partial charge on any atom is 0.345 e. The standard InChI is InChI=1S/C14H20N2O3S/c1-9-11(6-13(20-9)14(18)19)7-16-5-3-4-12(8-16)15-10(2)17/h6,12H,3-5,7-8H2,1-2H3,(H,15,17)(H,18,19). The van der Waals surface area contributed by atoms with Gasteiger partial charge in [-0.25, -0.2) is 4.79 Å². The Labute approximate surface area is 122 Å². The number of nitrogens with zero attached hydrogens (tertiary/aromatic N) is 1. The minimum Gasteiger partial charge on any atom is -0.477 e. The van der Waals surface area contributed by atoms with Crippen LogP contribution >= 0.6 is 11.3 Å². The van der Waals surface area contributed by atoms with Crippen LogP contribution in [0.3, 0.4) is 0 Å². The molecule has 2 rings (SSSR count). The highest BCUT2D eigenvalue weighted by atomic mass is 32.1. The number of carboxylic acids is 1. The number of hydrogen-bond donors (Lipinski definition) is 2. The molecule has 1 saturated heterocycles. The largest absolute Gasteiger partial charge is 0.477 e. The number of thiophene rings is 1. The third-order valence-electron chi connectivity index (χ3n) is 3.54. The Morgan fingerprint density at radius 1 is 1.55 bits per heavy atom. The molecule has 6 heteroatoms. The third-order valence-corrected chi connectivity index (χ3v) is 4.62. The van der Waals surface area contributed by atoms with Crippen LogP contribution in [-0.4, -0.2) is 41.0 Å². The van der Waals surface area contributed by atoms with E-state index in [1.165, 1.54) is 11.3 Å². The van der Waals surface area contributed by atoms with Crippen LogP contribution in [0.25, 0.3) is 0 Å². The van der Waals surface area contributed by atoms with Gasteiger partial charge in [-0.1, -0.05) is 0 Å². The highest BCUT2D eigenvalue weighted by molar-refractivity contribution is 7.14. The molecular formula is C14H20N2O3S. The molecule has 1 aliphatic heterocycles. The molecule has 0 bridgehead atoms. The zero-order valence-corrected chi connectivity index (χ0v) is 12.6. The van der Waals surface area contributed by atoms with Crippen LogP contribution in [0.4, 0.5) is 0 Å². The number of piperidine rings is 1. The Kier molecular flexibility index (Phi) is 4.77. The lowest BCUT2D eigenvalue weighted by Crippen LogP contribution is -2.46. The van der Waals surface area contributed by atoms with E-state index in [2.05, 4.69) is 10.2 Å². The van der Waals surface area contributed by atoms with Crippen molar-refractivity contribution >= 4 is 23.2 Å². The van der Waals surface area contributed by atoms with Crippen molar-refractivity contribution in [2.45, 2.75) is 39.3 Å². The zero-order chi connectivity index (χ0) is 14.7. The van der Waals surface area contributed by atoms with E-state index in [0.717, 1.165) is 42.9 Å². The van der Waals surface area contributed by atoms with Crippen molar-refractivity contribution in [2.75, 3.05) is 13.1 Å². The third kappa shape index (κ3) is 3.80. The number of aromatic carboxylic acids is 1. The van der Waals surface area contributed by atoms with Gasteiger partial charge in [0.05, 0.1) is 0 Å². The molecular weight excluding hydrogens is 276 g/mol. The molecule has 1 amide bonds. The second-order valence-electron chi connectivity index (χ2n) is 5.27. The predicted molar refractivity (Wildman–Crippen MR) is 78.1 cm³/mol. The molecule has 1 aromatic rings. The zero-order valence-electron chi connectivity index (χ0n) is 11.8. The summed E-state index contributed by atoms with van der Waals surface area (Å²) in [7, 11) is 0. The lowest BCUT2D eigenvalue weighted by molar-refractivity contribution is -0.120. The fraction of sp³-hybridized carbons (Fsp3) is 0.571. The van der Waals surface area contributed by atoms with Gasteiger partial charge in [0, 0.05) is 30.9 Å². The molecule has 1 unspecified atom stereocenters. The summed E-state index contributed by atoms with van der Waals surface area (Å²) in [5.41, 5.74) is 1.08. The van der Waals surface area contributed by atoms with E-state index in [4.69, 9.17) is 5.11 Å². The van der Waals surface area contributed by atoms with Gasteiger partial charge in [-0.3, -0.25) is 9.69 Å². The normalized spacial score (nSPS) is 19.8. The Hall–Kier alpha value is -1.40. The van der Waals surface area contributed by atoms with Crippen LogP contribution < -0.4 is 5.32 Å². The van der Waals surface area contributed by atoms with Crippen molar-refractivity contribution in [2.24, 2.45) is 0 Å². The first kappa shape index (κ1) is 15.0. The number of carbonyl (C=O) groups excluding carboxylic acids is 1. The van der Waals surface area contributed by atoms with E-state index in [1.807, 2.05) is 6.92 Å². The Balaban J connectivity index is 1.98. The second kappa shape index (κ2) is 6.37. The molecule has 2 heterocycles. The summed E-state index contributed by atoms with van der Waals surface area (Å²) in [6.45, 7) is 6.08. The van der Waals surface area contributed by atoms with Crippen molar-refractivity contribution in [3.05, 3.63) is 21.4 Å². The molecule has 110 valence electrons. The number of nitrogens with one attached hydrogen (secondary N) is 1. The number of likely N-dealkylation sites (tertiary alicyclic amines) is 1. The molecule has 0 aliphatic carbocycles. The Bertz CT molecular complexity index is 513. The van der Waals surface area contributed by atoms with Gasteiger partial charge in [0.2, 0.25) is 5.91 Å².